The number of aromatic nitrogens is 4. The third-order valence-electron chi connectivity index (χ3n) is 8.12. The van der Waals surface area contributed by atoms with Crippen LogP contribution in [0.4, 0.5) is 5.82 Å². The number of hydrogen-bond donors (Lipinski definition) is 1. The Hall–Kier alpha value is -4.14. The molecule has 5 aromatic rings. The van der Waals surface area contributed by atoms with Gasteiger partial charge in [0.1, 0.15) is 10.8 Å². The molecule has 3 aromatic carbocycles. The summed E-state index contributed by atoms with van der Waals surface area (Å²) in [7, 11) is 0. The molecule has 41 heavy (non-hydrogen) atoms. The monoisotopic (exact) mass is 578 g/mol. The zero-order valence-electron chi connectivity index (χ0n) is 22.2. The van der Waals surface area contributed by atoms with Gasteiger partial charge in [0.15, 0.2) is 0 Å². The van der Waals surface area contributed by atoms with Gasteiger partial charge in [-0.15, -0.1) is 0 Å². The molecule has 9 heteroatoms. The molecule has 2 aliphatic rings. The van der Waals surface area contributed by atoms with Crippen molar-refractivity contribution < 1.29 is 0 Å². The molecule has 0 amide bonds. The van der Waals surface area contributed by atoms with Gasteiger partial charge in [0.25, 0.3) is 5.56 Å². The summed E-state index contributed by atoms with van der Waals surface area (Å²) >= 11 is 8.17. The minimum atomic E-state index is -0.170. The van der Waals surface area contributed by atoms with Crippen LogP contribution in [0, 0.1) is 5.41 Å². The van der Waals surface area contributed by atoms with Crippen LogP contribution in [0.2, 0.25) is 5.02 Å². The number of benzene rings is 3. The van der Waals surface area contributed by atoms with Crippen LogP contribution in [-0.2, 0) is 6.54 Å². The Morgan fingerprint density at radius 2 is 1.71 bits per heavy atom. The Bertz CT molecular complexity index is 1950. The molecule has 0 saturated carbocycles. The number of anilines is 1. The first-order valence-corrected chi connectivity index (χ1v) is 14.7. The van der Waals surface area contributed by atoms with Crippen molar-refractivity contribution in [1.29, 1.82) is 0 Å². The van der Waals surface area contributed by atoms with Gasteiger partial charge in [-0.3, -0.25) is 9.36 Å². The standard InChI is InChI=1S/C32H27ClN6OS/c33-29-25(11-10-24-28(29)31(40)39(20-37-24)19-21-6-2-1-3-7-21)41-27-18-35-26(17-36-27)38-14-12-32(13-15-38)16-22-8-4-5-9-23(22)30(32)34/h1-11,16-18,20H,12-15,19,34H2. The van der Waals surface area contributed by atoms with E-state index in [1.165, 1.54) is 22.2 Å². The van der Waals surface area contributed by atoms with Crippen molar-refractivity contribution in [2.24, 2.45) is 11.1 Å². The molecule has 0 atom stereocenters. The molecule has 0 radical (unpaired) electrons. The van der Waals surface area contributed by atoms with Gasteiger partial charge in [-0.05, 0) is 35.8 Å². The molecule has 7 nitrogen and oxygen atoms in total. The molecule has 3 heterocycles. The first-order chi connectivity index (χ1) is 20.0. The van der Waals surface area contributed by atoms with E-state index in [4.69, 9.17) is 22.3 Å². The largest absolute Gasteiger partial charge is 0.401 e. The number of halogens is 1. The minimum Gasteiger partial charge on any atom is -0.401 e. The highest BCUT2D eigenvalue weighted by Crippen LogP contribution is 2.41. The van der Waals surface area contributed by atoms with Gasteiger partial charge in [-0.25, -0.2) is 15.0 Å². The Kier molecular flexibility index (Phi) is 6.52. The molecule has 1 saturated heterocycles. The van der Waals surface area contributed by atoms with E-state index in [1.54, 1.807) is 17.1 Å². The lowest BCUT2D eigenvalue weighted by Gasteiger charge is -2.39. The normalized spacial score (nSPS) is 15.7. The molecule has 1 spiro atoms. The average molecular weight is 579 g/mol. The van der Waals surface area contributed by atoms with E-state index in [0.29, 0.717) is 27.5 Å². The smallest absolute Gasteiger partial charge is 0.263 e. The maximum Gasteiger partial charge on any atom is 0.263 e. The van der Waals surface area contributed by atoms with Crippen LogP contribution in [0.15, 0.2) is 100 Å². The van der Waals surface area contributed by atoms with Gasteiger partial charge >= 0.3 is 0 Å². The Labute approximate surface area is 246 Å². The summed E-state index contributed by atoms with van der Waals surface area (Å²) in [6.45, 7) is 2.13. The molecule has 2 aromatic heterocycles. The zero-order valence-corrected chi connectivity index (χ0v) is 23.8. The van der Waals surface area contributed by atoms with Gasteiger partial charge in [-0.2, -0.15) is 0 Å². The summed E-state index contributed by atoms with van der Waals surface area (Å²) in [5.41, 5.74) is 8.96. The van der Waals surface area contributed by atoms with Gasteiger partial charge in [-0.1, -0.05) is 84.0 Å². The molecule has 2 N–H and O–H groups in total. The number of nitrogens with two attached hydrogens (primary N) is 1. The fraction of sp³-hybridized carbons (Fsp3) is 0.188. The van der Waals surface area contributed by atoms with Crippen LogP contribution in [-0.4, -0.2) is 32.6 Å². The van der Waals surface area contributed by atoms with Gasteiger partial charge < -0.3 is 10.6 Å². The highest BCUT2D eigenvalue weighted by atomic mass is 35.5. The van der Waals surface area contributed by atoms with Crippen molar-refractivity contribution >= 4 is 51.9 Å². The second-order valence-corrected chi connectivity index (χ2v) is 12.0. The number of hydrogen-bond acceptors (Lipinski definition) is 7. The SMILES string of the molecule is NC1=c2ccccc2=CC12CCN(c1cnc(Sc3ccc4ncn(Cc5ccccc5)c(=O)c4c3Cl)cn1)CC2. The first-order valence-electron chi connectivity index (χ1n) is 13.6. The summed E-state index contributed by atoms with van der Waals surface area (Å²) in [4.78, 5) is 30.2. The van der Waals surface area contributed by atoms with Crippen molar-refractivity contribution in [1.82, 2.24) is 19.5 Å². The molecule has 0 bridgehead atoms. The van der Waals surface area contributed by atoms with Crippen molar-refractivity contribution in [2.45, 2.75) is 29.3 Å². The predicted molar refractivity (Wildman–Crippen MR) is 164 cm³/mol. The lowest BCUT2D eigenvalue weighted by molar-refractivity contribution is 0.405. The lowest BCUT2D eigenvalue weighted by Crippen LogP contribution is -2.41. The van der Waals surface area contributed by atoms with Crippen LogP contribution >= 0.6 is 23.4 Å². The van der Waals surface area contributed by atoms with Crippen molar-refractivity contribution in [3.8, 4) is 0 Å². The van der Waals surface area contributed by atoms with E-state index in [-0.39, 0.29) is 11.0 Å². The minimum absolute atomic E-state index is 0.0786. The molecule has 1 fully saturated rings. The Balaban J connectivity index is 1.08. The summed E-state index contributed by atoms with van der Waals surface area (Å²) in [5.74, 6) is 0.843. The molecule has 1 aliphatic heterocycles. The van der Waals surface area contributed by atoms with Gasteiger partial charge in [0.05, 0.1) is 41.2 Å². The fourth-order valence-corrected chi connectivity index (χ4v) is 6.98. The second kappa shape index (κ2) is 10.4. The molecule has 0 unspecified atom stereocenters. The van der Waals surface area contributed by atoms with Crippen LogP contribution in [0.5, 0.6) is 0 Å². The van der Waals surface area contributed by atoms with E-state index in [0.717, 1.165) is 47.9 Å². The molecule has 1 aliphatic carbocycles. The summed E-state index contributed by atoms with van der Waals surface area (Å²) in [5, 5.41) is 3.89. The van der Waals surface area contributed by atoms with E-state index in [1.807, 2.05) is 54.7 Å². The van der Waals surface area contributed by atoms with E-state index in [9.17, 15) is 4.79 Å². The third kappa shape index (κ3) is 4.67. The van der Waals surface area contributed by atoms with Crippen LogP contribution in [0.25, 0.3) is 22.7 Å². The topological polar surface area (TPSA) is 89.9 Å². The molecule has 7 rings (SSSR count). The van der Waals surface area contributed by atoms with Crippen LogP contribution < -0.4 is 26.6 Å². The maximum absolute atomic E-state index is 13.3. The number of nitrogens with zero attached hydrogens (tertiary/aromatic N) is 5. The van der Waals surface area contributed by atoms with Crippen LogP contribution in [0.1, 0.15) is 18.4 Å². The zero-order chi connectivity index (χ0) is 28.0. The molecular weight excluding hydrogens is 552 g/mol. The number of piperidine rings is 1. The first kappa shape index (κ1) is 25.8. The van der Waals surface area contributed by atoms with Crippen LogP contribution in [0.3, 0.4) is 0 Å². The molecular formula is C32H27ClN6OS. The fourth-order valence-electron chi connectivity index (χ4n) is 5.86. The van der Waals surface area contributed by atoms with Crippen molar-refractivity contribution in [3.63, 3.8) is 0 Å². The Morgan fingerprint density at radius 1 is 0.927 bits per heavy atom. The summed E-state index contributed by atoms with van der Waals surface area (Å²) < 4.78 is 1.59. The number of rotatable bonds is 5. The molecule has 204 valence electrons. The average Bonchev–Trinajstić information content (AvgIpc) is 3.28. The maximum atomic E-state index is 13.3. The van der Waals surface area contributed by atoms with Crippen molar-refractivity contribution in [3.05, 3.63) is 117 Å². The Morgan fingerprint density at radius 3 is 2.46 bits per heavy atom. The highest BCUT2D eigenvalue weighted by Gasteiger charge is 2.38. The van der Waals surface area contributed by atoms with Gasteiger partial charge in [0.2, 0.25) is 0 Å². The van der Waals surface area contributed by atoms with Gasteiger partial charge in [0, 0.05) is 34.3 Å². The van der Waals surface area contributed by atoms with E-state index < -0.39 is 0 Å². The highest BCUT2D eigenvalue weighted by molar-refractivity contribution is 7.99. The van der Waals surface area contributed by atoms with Crippen molar-refractivity contribution in [2.75, 3.05) is 18.0 Å². The third-order valence-corrected chi connectivity index (χ3v) is 9.60. The second-order valence-electron chi connectivity index (χ2n) is 10.5. The summed E-state index contributed by atoms with van der Waals surface area (Å²) in [6, 6.07) is 21.9. The van der Waals surface area contributed by atoms with E-state index in [2.05, 4.69) is 39.1 Å². The number of fused-ring (bicyclic) bond motifs is 2. The quantitative estimate of drug-likeness (QED) is 0.334. The summed E-state index contributed by atoms with van der Waals surface area (Å²) in [6.07, 6.45) is 9.37. The predicted octanol–water partition coefficient (Wildman–Crippen LogP) is 4.19. The van der Waals surface area contributed by atoms with E-state index >= 15 is 0 Å². The lowest BCUT2D eigenvalue weighted by atomic mass is 9.77.